The van der Waals surface area contributed by atoms with Crippen LogP contribution in [0.25, 0.3) is 4.96 Å². The highest BCUT2D eigenvalue weighted by Gasteiger charge is 2.26. The molecule has 1 atom stereocenters. The SMILES string of the molecule is Brc1ccc(OCc2nnc3sc([C@H]4COc5ccccc5O4)nn23)cc1. The lowest BCUT2D eigenvalue weighted by Gasteiger charge is -2.24. The van der Waals surface area contributed by atoms with Crippen molar-refractivity contribution in [1.29, 1.82) is 0 Å². The van der Waals surface area contributed by atoms with Gasteiger partial charge in [0.05, 0.1) is 0 Å². The first kappa shape index (κ1) is 16.5. The number of para-hydroxylation sites is 2. The second-order valence-electron chi connectivity index (χ2n) is 5.86. The highest BCUT2D eigenvalue weighted by atomic mass is 79.9. The zero-order valence-electron chi connectivity index (χ0n) is 13.9. The molecule has 2 aromatic heterocycles. The van der Waals surface area contributed by atoms with Crippen LogP contribution in [-0.2, 0) is 6.61 Å². The summed E-state index contributed by atoms with van der Waals surface area (Å²) in [5.74, 6) is 2.86. The van der Waals surface area contributed by atoms with Crippen LogP contribution in [0, 0.1) is 0 Å². The molecular weight excluding hydrogens is 432 g/mol. The van der Waals surface area contributed by atoms with Crippen molar-refractivity contribution in [2.45, 2.75) is 12.7 Å². The van der Waals surface area contributed by atoms with Gasteiger partial charge < -0.3 is 14.2 Å². The number of hydrogen-bond donors (Lipinski definition) is 0. The van der Waals surface area contributed by atoms with Crippen molar-refractivity contribution in [3.63, 3.8) is 0 Å². The second-order valence-corrected chi connectivity index (χ2v) is 7.76. The first-order valence-electron chi connectivity index (χ1n) is 8.24. The van der Waals surface area contributed by atoms with Gasteiger partial charge in [0, 0.05) is 4.47 Å². The van der Waals surface area contributed by atoms with Gasteiger partial charge in [-0.05, 0) is 36.4 Å². The standard InChI is InChI=1S/C18H13BrN4O3S/c19-11-5-7-12(8-6-11)24-10-16-20-21-18-23(16)22-17(27-18)15-9-25-13-3-1-2-4-14(13)26-15/h1-8,15H,9-10H2/t15-/m1/s1. The van der Waals surface area contributed by atoms with Gasteiger partial charge in [0.25, 0.3) is 0 Å². The van der Waals surface area contributed by atoms with Crippen LogP contribution in [0.15, 0.2) is 53.0 Å². The first-order valence-corrected chi connectivity index (χ1v) is 9.85. The van der Waals surface area contributed by atoms with E-state index in [0.717, 1.165) is 26.7 Å². The molecule has 2 aromatic carbocycles. The van der Waals surface area contributed by atoms with Crippen LogP contribution in [0.5, 0.6) is 17.2 Å². The monoisotopic (exact) mass is 444 g/mol. The van der Waals surface area contributed by atoms with Gasteiger partial charge in [0.2, 0.25) is 4.96 Å². The van der Waals surface area contributed by atoms with Crippen molar-refractivity contribution in [1.82, 2.24) is 19.8 Å². The fourth-order valence-electron chi connectivity index (χ4n) is 2.71. The fraction of sp³-hybridized carbons (Fsp3) is 0.167. The van der Waals surface area contributed by atoms with Crippen molar-refractivity contribution in [2.75, 3.05) is 6.61 Å². The largest absolute Gasteiger partial charge is 0.486 e. The van der Waals surface area contributed by atoms with Crippen LogP contribution < -0.4 is 14.2 Å². The third kappa shape index (κ3) is 3.24. The van der Waals surface area contributed by atoms with Gasteiger partial charge in [-0.3, -0.25) is 0 Å². The van der Waals surface area contributed by atoms with E-state index in [1.165, 1.54) is 11.3 Å². The Balaban J connectivity index is 1.35. The summed E-state index contributed by atoms with van der Waals surface area (Å²) in [5.41, 5.74) is 0. The molecule has 0 unspecified atom stereocenters. The minimum atomic E-state index is -0.271. The molecule has 0 fully saturated rings. The van der Waals surface area contributed by atoms with Crippen molar-refractivity contribution in [2.24, 2.45) is 0 Å². The maximum atomic E-state index is 6.02. The molecule has 136 valence electrons. The number of benzene rings is 2. The summed E-state index contributed by atoms with van der Waals surface area (Å²) in [6, 6.07) is 15.2. The molecule has 7 nitrogen and oxygen atoms in total. The molecule has 0 aliphatic carbocycles. The summed E-state index contributed by atoms with van der Waals surface area (Å²) < 4.78 is 20.3. The molecule has 4 aromatic rings. The average Bonchev–Trinajstić information content (AvgIpc) is 3.28. The third-order valence-corrected chi connectivity index (χ3v) is 5.56. The predicted octanol–water partition coefficient (Wildman–Crippen LogP) is 4.04. The predicted molar refractivity (Wildman–Crippen MR) is 102 cm³/mol. The van der Waals surface area contributed by atoms with Crippen molar-refractivity contribution in [3.8, 4) is 17.2 Å². The summed E-state index contributed by atoms with van der Waals surface area (Å²) in [6.45, 7) is 0.683. The van der Waals surface area contributed by atoms with E-state index in [1.54, 1.807) is 4.52 Å². The van der Waals surface area contributed by atoms with Gasteiger partial charge in [0.15, 0.2) is 28.4 Å². The lowest BCUT2D eigenvalue weighted by Crippen LogP contribution is -2.21. The summed E-state index contributed by atoms with van der Waals surface area (Å²) >= 11 is 4.84. The molecule has 1 aliphatic heterocycles. The van der Waals surface area contributed by atoms with Crippen LogP contribution >= 0.6 is 27.3 Å². The highest BCUT2D eigenvalue weighted by molar-refractivity contribution is 9.10. The maximum absolute atomic E-state index is 6.02. The number of aromatic nitrogens is 4. The Labute approximate surface area is 166 Å². The van der Waals surface area contributed by atoms with E-state index in [2.05, 4.69) is 31.2 Å². The number of fused-ring (bicyclic) bond motifs is 2. The lowest BCUT2D eigenvalue weighted by atomic mass is 10.3. The summed E-state index contributed by atoms with van der Waals surface area (Å²) in [7, 11) is 0. The zero-order chi connectivity index (χ0) is 18.2. The topological polar surface area (TPSA) is 70.8 Å². The minimum Gasteiger partial charge on any atom is -0.486 e. The molecule has 27 heavy (non-hydrogen) atoms. The zero-order valence-corrected chi connectivity index (χ0v) is 16.3. The molecule has 0 amide bonds. The minimum absolute atomic E-state index is 0.271. The molecule has 9 heteroatoms. The van der Waals surface area contributed by atoms with E-state index in [0.29, 0.717) is 17.4 Å². The molecule has 3 heterocycles. The molecule has 0 bridgehead atoms. The Morgan fingerprint density at radius 2 is 1.93 bits per heavy atom. The van der Waals surface area contributed by atoms with Gasteiger partial charge >= 0.3 is 0 Å². The van der Waals surface area contributed by atoms with Crippen molar-refractivity contribution >= 4 is 32.2 Å². The van der Waals surface area contributed by atoms with Crippen molar-refractivity contribution in [3.05, 3.63) is 63.8 Å². The van der Waals surface area contributed by atoms with Crippen molar-refractivity contribution < 1.29 is 14.2 Å². The average molecular weight is 445 g/mol. The molecule has 0 spiro atoms. The van der Waals surface area contributed by atoms with E-state index >= 15 is 0 Å². The summed E-state index contributed by atoms with van der Waals surface area (Å²) in [6.07, 6.45) is -0.271. The number of nitrogens with zero attached hydrogens (tertiary/aromatic N) is 4. The Hall–Kier alpha value is -2.65. The van der Waals surface area contributed by atoms with Crippen LogP contribution in [0.2, 0.25) is 0 Å². The molecule has 0 radical (unpaired) electrons. The van der Waals surface area contributed by atoms with Gasteiger partial charge in [-0.1, -0.05) is 39.4 Å². The highest BCUT2D eigenvalue weighted by Crippen LogP contribution is 2.36. The third-order valence-electron chi connectivity index (χ3n) is 4.04. The van der Waals surface area contributed by atoms with Crippen LogP contribution in [0.3, 0.4) is 0 Å². The number of halogens is 1. The van der Waals surface area contributed by atoms with Crippen LogP contribution in [0.4, 0.5) is 0 Å². The molecule has 0 N–H and O–H groups in total. The van der Waals surface area contributed by atoms with E-state index < -0.39 is 0 Å². The lowest BCUT2D eigenvalue weighted by molar-refractivity contribution is 0.0903. The maximum Gasteiger partial charge on any atom is 0.234 e. The molecule has 5 rings (SSSR count). The smallest absolute Gasteiger partial charge is 0.234 e. The Kier molecular flexibility index (Phi) is 4.17. The normalized spacial score (nSPS) is 15.8. The Bertz CT molecular complexity index is 1100. The first-order chi connectivity index (χ1) is 13.3. The van der Waals surface area contributed by atoms with E-state index in [-0.39, 0.29) is 12.7 Å². The molecule has 1 aliphatic rings. The quantitative estimate of drug-likeness (QED) is 0.472. The number of rotatable bonds is 4. The summed E-state index contributed by atoms with van der Waals surface area (Å²) in [4.78, 5) is 0.696. The Morgan fingerprint density at radius 3 is 2.78 bits per heavy atom. The van der Waals surface area contributed by atoms with Gasteiger partial charge in [-0.2, -0.15) is 9.61 Å². The van der Waals surface area contributed by atoms with Gasteiger partial charge in [-0.25, -0.2) is 0 Å². The molecule has 0 saturated heterocycles. The van der Waals surface area contributed by atoms with Crippen LogP contribution in [0.1, 0.15) is 16.9 Å². The second kappa shape index (κ2) is 6.82. The fourth-order valence-corrected chi connectivity index (χ4v) is 3.85. The number of hydrogen-bond acceptors (Lipinski definition) is 7. The van der Waals surface area contributed by atoms with Crippen LogP contribution in [-0.4, -0.2) is 26.4 Å². The van der Waals surface area contributed by atoms with E-state index in [9.17, 15) is 0 Å². The molecular formula is C18H13BrN4O3S. The summed E-state index contributed by atoms with van der Waals surface area (Å²) in [5, 5.41) is 13.8. The Morgan fingerprint density at radius 1 is 1.11 bits per heavy atom. The van der Waals surface area contributed by atoms with E-state index in [1.807, 2.05) is 48.5 Å². The number of ether oxygens (including phenoxy) is 3. The molecule has 0 saturated carbocycles. The van der Waals surface area contributed by atoms with Gasteiger partial charge in [0.1, 0.15) is 19.0 Å². The van der Waals surface area contributed by atoms with Gasteiger partial charge in [-0.15, -0.1) is 10.2 Å². The van der Waals surface area contributed by atoms with E-state index in [4.69, 9.17) is 14.2 Å².